The zero-order valence-electron chi connectivity index (χ0n) is 18.6. The monoisotopic (exact) mass is 560 g/mol. The number of aromatic nitrogens is 2. The van der Waals surface area contributed by atoms with Crippen LogP contribution in [0.5, 0.6) is 5.75 Å². The Morgan fingerprint density at radius 1 is 1.42 bits per heavy atom. The molecule has 0 aliphatic carbocycles. The number of nitrogens with two attached hydrogens (primary N) is 1. The fourth-order valence-corrected chi connectivity index (χ4v) is 8.30. The summed E-state index contributed by atoms with van der Waals surface area (Å²) in [4.78, 5) is 30.3. The van der Waals surface area contributed by atoms with Gasteiger partial charge >= 0.3 is 216 Å². The molecule has 0 saturated carbocycles. The van der Waals surface area contributed by atoms with E-state index in [1.165, 1.54) is 24.4 Å². The zero-order valence-corrected chi connectivity index (χ0v) is 21.1. The van der Waals surface area contributed by atoms with Crippen molar-refractivity contribution < 1.29 is 37.2 Å². The summed E-state index contributed by atoms with van der Waals surface area (Å²) in [5, 5.41) is 8.51. The molecule has 5 rings (SSSR count). The number of hydrogen-bond acceptors (Lipinski definition) is 11. The van der Waals surface area contributed by atoms with E-state index >= 15 is 4.39 Å². The summed E-state index contributed by atoms with van der Waals surface area (Å²) in [7, 11) is -0.0994. The van der Waals surface area contributed by atoms with Gasteiger partial charge in [-0.2, -0.15) is 0 Å². The number of nitrogens with zero attached hydrogens (tertiary/aromatic N) is 2. The zero-order chi connectivity index (χ0) is 25.7. The second kappa shape index (κ2) is 9.68. The number of anilines is 1. The van der Waals surface area contributed by atoms with Gasteiger partial charge in [0.25, 0.3) is 0 Å². The summed E-state index contributed by atoms with van der Waals surface area (Å²) >= 11 is 7.24. The Labute approximate surface area is 215 Å². The Kier molecular flexibility index (Phi) is 7.03. The number of alkyl halides is 1. The van der Waals surface area contributed by atoms with Crippen LogP contribution in [0.4, 0.5) is 10.2 Å². The van der Waals surface area contributed by atoms with E-state index in [0.29, 0.717) is 0 Å². The summed E-state index contributed by atoms with van der Waals surface area (Å²) < 4.78 is 44.8. The van der Waals surface area contributed by atoms with Crippen molar-refractivity contribution >= 4 is 44.8 Å². The van der Waals surface area contributed by atoms with Crippen molar-refractivity contribution in [1.29, 1.82) is 0 Å². The van der Waals surface area contributed by atoms with Crippen molar-refractivity contribution in [3.05, 3.63) is 52.0 Å². The molecule has 1 aromatic carbocycles. The van der Waals surface area contributed by atoms with Crippen LogP contribution in [-0.2, 0) is 18.3 Å². The van der Waals surface area contributed by atoms with Gasteiger partial charge in [0.2, 0.25) is 0 Å². The van der Waals surface area contributed by atoms with Crippen LogP contribution in [0, 0.1) is 0 Å². The molecule has 0 unspecified atom stereocenters. The number of nitrogen functional groups attached to an aromatic ring is 1. The van der Waals surface area contributed by atoms with Gasteiger partial charge in [-0.05, 0) is 0 Å². The molecule has 1 aromatic heterocycles. The molecule has 3 saturated heterocycles. The average Bonchev–Trinajstić information content (AvgIpc) is 3.31. The Morgan fingerprint density at radius 3 is 2.89 bits per heavy atom. The predicted molar refractivity (Wildman–Crippen MR) is 129 cm³/mol. The molecular weight excluding hydrogens is 539 g/mol. The molecule has 16 heteroatoms. The summed E-state index contributed by atoms with van der Waals surface area (Å²) in [5.74, 6) is -0.0971. The molecule has 3 N–H and O–H groups in total. The van der Waals surface area contributed by atoms with Crippen LogP contribution in [0.25, 0.3) is 0 Å². The third-order valence-electron chi connectivity index (χ3n) is 5.92. The fraction of sp³-hybridized carbons (Fsp3) is 0.500. The molecule has 4 heterocycles. The molecule has 194 valence electrons. The Morgan fingerprint density at radius 2 is 2.19 bits per heavy atom. The molecule has 2 radical (unpaired) electrons. The molecule has 0 spiro atoms. The maximum absolute atomic E-state index is 15.7. The molecule has 3 aliphatic rings. The third-order valence-corrected chi connectivity index (χ3v) is 9.98. The van der Waals surface area contributed by atoms with Crippen LogP contribution in [0.1, 0.15) is 11.8 Å². The van der Waals surface area contributed by atoms with Crippen LogP contribution in [0.3, 0.4) is 0 Å². The van der Waals surface area contributed by atoms with Gasteiger partial charge < -0.3 is 0 Å². The van der Waals surface area contributed by atoms with E-state index in [-0.39, 0.29) is 29.6 Å². The SMILES string of the molecule is [B][C@H]1C[C@H](O)[C@@H](COP2([O-])(Oc3ccccc3Cl)OC[C@H]3S[C@@H](n4ccc(N)nc4=O)[C@@H](F)[C@@H]3O2)O1. The van der Waals surface area contributed by atoms with Gasteiger partial charge in [-0.15, -0.1) is 0 Å². The van der Waals surface area contributed by atoms with Gasteiger partial charge in [0.05, 0.1) is 0 Å². The molecular formula is C20H22BClFN3O8PS-. The normalized spacial score (nSPS) is 36.0. The van der Waals surface area contributed by atoms with Crippen LogP contribution in [0.2, 0.25) is 5.02 Å². The Bertz CT molecular complexity index is 1210. The summed E-state index contributed by atoms with van der Waals surface area (Å²) in [6.45, 7) is -0.796. The molecule has 0 bridgehead atoms. The standard InChI is InChI=1S/C20H22BClFN3O8PS/c21-15-7-11(27)13(32-15)8-30-35(29,33-12-4-2-1-3-10(12)22)31-9-14-18(34-35)17(23)19(36-14)26-6-5-16(24)25-20(26)28/h1-6,11,13-15,17-19,27H,7-9H2,(H2,24,25,28)/q-1/t11-,13+,14+,15+,17-,18+,19+/m0/s1. The van der Waals surface area contributed by atoms with Gasteiger partial charge in [0.1, 0.15) is 0 Å². The van der Waals surface area contributed by atoms with Crippen molar-refractivity contribution in [2.45, 2.75) is 47.5 Å². The van der Waals surface area contributed by atoms with Crippen LogP contribution in [0.15, 0.2) is 41.3 Å². The van der Waals surface area contributed by atoms with E-state index in [0.717, 1.165) is 16.3 Å². The molecule has 7 atom stereocenters. The van der Waals surface area contributed by atoms with Crippen molar-refractivity contribution in [2.24, 2.45) is 0 Å². The topological polar surface area (TPSA) is 150 Å². The van der Waals surface area contributed by atoms with E-state index < -0.39 is 61.1 Å². The van der Waals surface area contributed by atoms with Gasteiger partial charge in [0.15, 0.2) is 0 Å². The number of fused-ring (bicyclic) bond motifs is 1. The van der Waals surface area contributed by atoms with Crippen molar-refractivity contribution in [3.8, 4) is 5.75 Å². The van der Waals surface area contributed by atoms with Crippen LogP contribution in [-0.4, -0.2) is 71.5 Å². The second-order valence-electron chi connectivity index (χ2n) is 8.50. The molecule has 3 fully saturated rings. The molecule has 2 aromatic rings. The van der Waals surface area contributed by atoms with Crippen LogP contribution < -0.4 is 20.8 Å². The van der Waals surface area contributed by atoms with E-state index in [9.17, 15) is 14.8 Å². The summed E-state index contributed by atoms with van der Waals surface area (Å²) in [6.07, 6.45) is -3.69. The number of ether oxygens (including phenoxy) is 1. The fourth-order valence-electron chi connectivity index (χ4n) is 4.15. The first kappa shape index (κ1) is 26.1. The minimum atomic E-state index is -5.80. The number of aliphatic hydroxyl groups is 1. The summed E-state index contributed by atoms with van der Waals surface area (Å²) in [6, 6.07) is 6.70. The van der Waals surface area contributed by atoms with E-state index in [1.807, 2.05) is 0 Å². The van der Waals surface area contributed by atoms with Gasteiger partial charge in [-0.25, -0.2) is 0 Å². The number of aliphatic hydroxyl groups excluding tert-OH is 1. The Balaban J connectivity index is 1.44. The van der Waals surface area contributed by atoms with Gasteiger partial charge in [0, 0.05) is 0 Å². The molecule has 36 heavy (non-hydrogen) atoms. The van der Waals surface area contributed by atoms with Crippen molar-refractivity contribution in [1.82, 2.24) is 9.55 Å². The number of thioether (sulfide) groups is 1. The third kappa shape index (κ3) is 4.98. The van der Waals surface area contributed by atoms with Crippen molar-refractivity contribution in [2.75, 3.05) is 18.9 Å². The molecule has 11 nitrogen and oxygen atoms in total. The first-order chi connectivity index (χ1) is 17.0. The van der Waals surface area contributed by atoms with Crippen LogP contribution >= 0.6 is 31.1 Å². The number of halogens is 2. The number of benzene rings is 1. The predicted octanol–water partition coefficient (Wildman–Crippen LogP) is 1.07. The van der Waals surface area contributed by atoms with E-state index in [1.54, 1.807) is 12.1 Å². The maximum atomic E-state index is 15.7. The number of hydrogen-bond donors (Lipinski definition) is 2. The quantitative estimate of drug-likeness (QED) is 0.386. The van der Waals surface area contributed by atoms with Gasteiger partial charge in [-0.3, -0.25) is 0 Å². The average molecular weight is 561 g/mol. The number of para-hydroxylation sites is 1. The second-order valence-corrected chi connectivity index (χ2v) is 12.7. The molecule has 0 amide bonds. The van der Waals surface area contributed by atoms with Crippen molar-refractivity contribution in [3.63, 3.8) is 0 Å². The number of rotatable bonds is 6. The molecule has 3 aliphatic heterocycles. The first-order valence-corrected chi connectivity index (χ1v) is 14.1. The first-order valence-electron chi connectivity index (χ1n) is 11.0. The van der Waals surface area contributed by atoms with E-state index in [4.69, 9.17) is 48.0 Å². The minimum absolute atomic E-state index is 0.00581. The van der Waals surface area contributed by atoms with E-state index in [2.05, 4.69) is 4.98 Å². The Hall–Kier alpha value is -1.48. The summed E-state index contributed by atoms with van der Waals surface area (Å²) in [5.41, 5.74) is 4.79. The van der Waals surface area contributed by atoms with Gasteiger partial charge in [-0.1, -0.05) is 0 Å².